The van der Waals surface area contributed by atoms with E-state index in [9.17, 15) is 9.82 Å². The molecule has 1 atom stereocenters. The van der Waals surface area contributed by atoms with Gasteiger partial charge in [0.1, 0.15) is 25.6 Å². The van der Waals surface area contributed by atoms with Crippen LogP contribution < -0.4 is 14.9 Å². The minimum Gasteiger partial charge on any atom is -0.652 e. The van der Waals surface area contributed by atoms with Crippen LogP contribution in [-0.4, -0.2) is 40.4 Å². The second kappa shape index (κ2) is 7.66. The Morgan fingerprint density at radius 1 is 1.37 bits per heavy atom. The third kappa shape index (κ3) is 4.37. The van der Waals surface area contributed by atoms with Crippen molar-refractivity contribution in [3.8, 4) is 17.5 Å². The van der Waals surface area contributed by atoms with Crippen molar-refractivity contribution in [1.82, 2.24) is 4.98 Å². The second-order valence-corrected chi connectivity index (χ2v) is 6.26. The summed E-state index contributed by atoms with van der Waals surface area (Å²) in [6, 6.07) is 8.47. The fraction of sp³-hybridized carbons (Fsp3) is 0.278. The summed E-state index contributed by atoms with van der Waals surface area (Å²) in [4.78, 5) is 18.3. The van der Waals surface area contributed by atoms with Crippen molar-refractivity contribution in [2.75, 3.05) is 13.2 Å². The number of carbonyl (C=O) groups excluding carboxylic acids is 1. The maximum atomic E-state index is 10.8. The van der Waals surface area contributed by atoms with Gasteiger partial charge in [0.25, 0.3) is 0 Å². The molecule has 0 aliphatic carbocycles. The van der Waals surface area contributed by atoms with E-state index in [2.05, 4.69) is 14.5 Å². The zero-order valence-electron chi connectivity index (χ0n) is 15.0. The summed E-state index contributed by atoms with van der Waals surface area (Å²) >= 11 is 0. The van der Waals surface area contributed by atoms with E-state index in [4.69, 9.17) is 20.8 Å². The second-order valence-electron chi connectivity index (χ2n) is 6.26. The van der Waals surface area contributed by atoms with Crippen molar-refractivity contribution < 1.29 is 28.7 Å². The van der Waals surface area contributed by atoms with Crippen LogP contribution in [0, 0.1) is 6.57 Å². The van der Waals surface area contributed by atoms with Gasteiger partial charge in [-0.3, -0.25) is 4.79 Å². The highest BCUT2D eigenvalue weighted by molar-refractivity contribution is 6.79. The first-order valence-electron chi connectivity index (χ1n) is 8.44. The number of benzene rings is 1. The molecule has 2 aromatic rings. The lowest BCUT2D eigenvalue weighted by Crippen LogP contribution is -2.46. The molecule has 140 valence electrons. The zero-order valence-corrected chi connectivity index (χ0v) is 15.0. The number of pyridine rings is 1. The molecule has 8 nitrogen and oxygen atoms in total. The van der Waals surface area contributed by atoms with Gasteiger partial charge in [0, 0.05) is 12.5 Å². The molecular formula is C18H19BN2O6. The lowest BCUT2D eigenvalue weighted by Gasteiger charge is -2.17. The molecule has 3 rings (SSSR count). The first-order valence-corrected chi connectivity index (χ1v) is 8.44. The first-order chi connectivity index (χ1) is 12.9. The van der Waals surface area contributed by atoms with E-state index in [1.54, 1.807) is 31.1 Å². The van der Waals surface area contributed by atoms with E-state index in [0.717, 1.165) is 11.0 Å². The van der Waals surface area contributed by atoms with E-state index in [1.807, 2.05) is 6.07 Å². The Labute approximate surface area is 156 Å². The van der Waals surface area contributed by atoms with Gasteiger partial charge in [0.2, 0.25) is 17.4 Å². The number of hydrogen-bond donors (Lipinski definition) is 1. The van der Waals surface area contributed by atoms with Crippen LogP contribution in [0.4, 0.5) is 5.69 Å². The molecule has 0 fully saturated rings. The van der Waals surface area contributed by atoms with Crippen LogP contribution in [0.25, 0.3) is 4.85 Å². The van der Waals surface area contributed by atoms with E-state index in [0.29, 0.717) is 12.4 Å². The monoisotopic (exact) mass is 370 g/mol. The predicted octanol–water partition coefficient (Wildman–Crippen LogP) is 1.68. The van der Waals surface area contributed by atoms with Crippen molar-refractivity contribution >= 4 is 23.7 Å². The van der Waals surface area contributed by atoms with E-state index in [1.165, 1.54) is 6.92 Å². The molecule has 1 aliphatic rings. The number of esters is 1. The van der Waals surface area contributed by atoms with Gasteiger partial charge < -0.3 is 23.9 Å². The number of nitrogens with zero attached hydrogens (tertiary/aromatic N) is 2. The van der Waals surface area contributed by atoms with Gasteiger partial charge in [0.15, 0.2) is 0 Å². The van der Waals surface area contributed by atoms with E-state index in [-0.39, 0.29) is 30.7 Å². The number of aromatic nitrogens is 1. The maximum absolute atomic E-state index is 10.8. The van der Waals surface area contributed by atoms with Gasteiger partial charge in [-0.15, -0.1) is 0 Å². The first kappa shape index (κ1) is 18.7. The quantitative estimate of drug-likeness (QED) is 0.273. The smallest absolute Gasteiger partial charge is 0.448 e. The summed E-state index contributed by atoms with van der Waals surface area (Å²) in [7, 11) is 0. The van der Waals surface area contributed by atoms with Crippen molar-refractivity contribution in [3.63, 3.8) is 0 Å². The molecular weight excluding hydrogens is 351 g/mol. The Morgan fingerprint density at radius 2 is 2.19 bits per heavy atom. The third-order valence-corrected chi connectivity index (χ3v) is 4.11. The van der Waals surface area contributed by atoms with E-state index < -0.39 is 12.5 Å². The molecule has 1 aromatic carbocycles. The summed E-state index contributed by atoms with van der Waals surface area (Å²) in [5.41, 5.74) is 1.96. The molecule has 0 amide bonds. The topological polar surface area (TPSA) is 95.0 Å². The molecule has 2 N–H and O–H groups in total. The predicted molar refractivity (Wildman–Crippen MR) is 98.5 cm³/mol. The van der Waals surface area contributed by atoms with Gasteiger partial charge in [-0.2, -0.15) is 4.98 Å². The third-order valence-electron chi connectivity index (χ3n) is 4.11. The molecule has 0 bridgehead atoms. The Hall–Kier alpha value is -3.09. The van der Waals surface area contributed by atoms with Crippen LogP contribution >= 0.6 is 0 Å². The number of hydrogen-bond acceptors (Lipinski definition) is 6. The van der Waals surface area contributed by atoms with Crippen molar-refractivity contribution in [1.29, 1.82) is 0 Å². The number of carbonyl (C=O) groups is 1. The van der Waals surface area contributed by atoms with Gasteiger partial charge in [0.05, 0.1) is 6.57 Å². The summed E-state index contributed by atoms with van der Waals surface area (Å²) in [6.45, 7) is 8.94. The minimum absolute atomic E-state index is 0.0650. The van der Waals surface area contributed by atoms with Crippen molar-refractivity contribution in [2.45, 2.75) is 20.4 Å². The fourth-order valence-electron chi connectivity index (χ4n) is 2.80. The maximum Gasteiger partial charge on any atom is 0.448 e. The van der Waals surface area contributed by atoms with Gasteiger partial charge in [-0.25, -0.2) is 4.85 Å². The molecule has 1 unspecified atom stereocenters. The lowest BCUT2D eigenvalue weighted by molar-refractivity contribution is -0.141. The summed E-state index contributed by atoms with van der Waals surface area (Å²) < 4.78 is 20.2. The molecule has 0 saturated heterocycles. The average molecular weight is 370 g/mol. The van der Waals surface area contributed by atoms with Gasteiger partial charge in [-0.1, -0.05) is 18.4 Å². The van der Waals surface area contributed by atoms with Gasteiger partial charge in [-0.05, 0) is 24.3 Å². The Kier molecular flexibility index (Phi) is 5.30. The highest BCUT2D eigenvalue weighted by Crippen LogP contribution is 2.30. The standard InChI is InChI=1S/C18H19BN2O6/c1-12(22)24-8-9-25-18-16(20-3)6-7-17(21-18)27-14-4-5-15-13(10-14)11-26-19(15,2)23/h4-7,10,23,26H,8-9,11H2,1-2H3. The largest absolute Gasteiger partial charge is 0.652 e. The summed E-state index contributed by atoms with van der Waals surface area (Å²) in [6.07, 6.45) is 0. The minimum atomic E-state index is -1.84. The van der Waals surface area contributed by atoms with Crippen LogP contribution in [0.5, 0.6) is 17.5 Å². The van der Waals surface area contributed by atoms with Gasteiger partial charge >= 0.3 is 12.5 Å². The normalized spacial score (nSPS) is 17.7. The molecule has 0 saturated carbocycles. The number of ether oxygens (including phenoxy) is 3. The SMILES string of the molecule is [C-]#[N+]c1ccc(Oc2ccc3c(c2)C[OH+][B-]3(C)O)nc1OCCOC(C)=O. The van der Waals surface area contributed by atoms with Crippen LogP contribution in [0.2, 0.25) is 6.82 Å². The van der Waals surface area contributed by atoms with E-state index >= 15 is 0 Å². The average Bonchev–Trinajstić information content (AvgIpc) is 2.93. The molecule has 2 heterocycles. The molecule has 0 spiro atoms. The Morgan fingerprint density at radius 3 is 2.93 bits per heavy atom. The molecule has 27 heavy (non-hydrogen) atoms. The highest BCUT2D eigenvalue weighted by Gasteiger charge is 2.36. The fourth-order valence-corrected chi connectivity index (χ4v) is 2.80. The molecule has 0 radical (unpaired) electrons. The number of aliphatic hydroxyl groups is 1. The van der Waals surface area contributed by atoms with Crippen LogP contribution in [-0.2, 0) is 16.1 Å². The zero-order chi connectivity index (χ0) is 19.4. The number of fused-ring (bicyclic) bond motifs is 1. The highest BCUT2D eigenvalue weighted by atomic mass is 16.6. The molecule has 1 aromatic heterocycles. The molecule has 9 heteroatoms. The molecule has 1 aliphatic heterocycles. The van der Waals surface area contributed by atoms with Crippen LogP contribution in [0.3, 0.4) is 0 Å². The van der Waals surface area contributed by atoms with Crippen molar-refractivity contribution in [3.05, 3.63) is 47.3 Å². The van der Waals surface area contributed by atoms with Crippen molar-refractivity contribution in [2.24, 2.45) is 0 Å². The number of rotatable bonds is 6. The van der Waals surface area contributed by atoms with Crippen LogP contribution in [0.15, 0.2) is 30.3 Å². The Bertz CT molecular complexity index is 909. The summed E-state index contributed by atoms with van der Waals surface area (Å²) in [5.74, 6) is 0.512. The lowest BCUT2D eigenvalue weighted by atomic mass is 9.55. The summed E-state index contributed by atoms with van der Waals surface area (Å²) in [5, 5.41) is 10.2. The Balaban J connectivity index is 1.73. The van der Waals surface area contributed by atoms with Crippen LogP contribution in [0.1, 0.15) is 12.5 Å².